The molecule has 2 atom stereocenters. The van der Waals surface area contributed by atoms with Gasteiger partial charge in [-0.05, 0) is 49.1 Å². The van der Waals surface area contributed by atoms with Crippen molar-refractivity contribution < 1.29 is 22.0 Å². The Bertz CT molecular complexity index is 1190. The number of alkyl halides is 4. The maximum atomic E-state index is 15.6. The molecule has 2 aliphatic heterocycles. The molecule has 37 heavy (non-hydrogen) atoms. The predicted octanol–water partition coefficient (Wildman–Crippen LogP) is 4.96. The number of hydrogen-bond donors (Lipinski definition) is 2. The zero-order valence-electron chi connectivity index (χ0n) is 20.4. The van der Waals surface area contributed by atoms with Crippen molar-refractivity contribution >= 4 is 5.69 Å². The van der Waals surface area contributed by atoms with E-state index in [-0.39, 0.29) is 24.7 Å². The summed E-state index contributed by atoms with van der Waals surface area (Å²) in [6, 6.07) is 5.35. The Kier molecular flexibility index (Phi) is 7.17. The molecule has 0 saturated carbocycles. The summed E-state index contributed by atoms with van der Waals surface area (Å²) in [7, 11) is 0. The van der Waals surface area contributed by atoms with Crippen LogP contribution in [0.4, 0.5) is 27.6 Å². The van der Waals surface area contributed by atoms with Crippen molar-refractivity contribution in [1.29, 1.82) is 0 Å². The third-order valence-electron chi connectivity index (χ3n) is 7.10. The molecule has 5 rings (SSSR count). The van der Waals surface area contributed by atoms with Gasteiger partial charge in [-0.1, -0.05) is 6.07 Å². The van der Waals surface area contributed by atoms with Gasteiger partial charge in [-0.25, -0.2) is 4.39 Å². The Labute approximate surface area is 211 Å². The molecule has 1 aromatic carbocycles. The first-order chi connectivity index (χ1) is 17.7. The van der Waals surface area contributed by atoms with Gasteiger partial charge in [-0.15, -0.1) is 0 Å². The quantitative estimate of drug-likeness (QED) is 0.411. The number of nitrogens with one attached hydrogen (secondary N) is 2. The highest BCUT2D eigenvalue weighted by Crippen LogP contribution is 2.42. The third-order valence-corrected chi connectivity index (χ3v) is 7.10. The molecule has 1 fully saturated rings. The SMILES string of the molecule is C[C@@H]1Cc2cc(-c3cn[nH]c3)cc(F)c2[C@@H](c2ccc(NC3CN(CCCF)C3)cn2)N1CC(F)(F)F. The monoisotopic (exact) mass is 520 g/mol. The zero-order chi connectivity index (χ0) is 26.2. The minimum Gasteiger partial charge on any atom is -0.378 e. The number of anilines is 1. The van der Waals surface area contributed by atoms with Gasteiger partial charge in [-0.3, -0.25) is 24.3 Å². The summed E-state index contributed by atoms with van der Waals surface area (Å²) in [4.78, 5) is 7.93. The second-order valence-electron chi connectivity index (χ2n) is 9.88. The molecule has 0 unspecified atom stereocenters. The lowest BCUT2D eigenvalue weighted by atomic mass is 9.84. The molecule has 11 heteroatoms. The summed E-state index contributed by atoms with van der Waals surface area (Å²) in [5.74, 6) is -0.565. The second-order valence-corrected chi connectivity index (χ2v) is 9.88. The summed E-state index contributed by atoms with van der Waals surface area (Å²) in [6.45, 7) is 2.52. The van der Waals surface area contributed by atoms with E-state index in [1.165, 1.54) is 11.0 Å². The van der Waals surface area contributed by atoms with E-state index >= 15 is 4.39 Å². The molecular weight excluding hydrogens is 491 g/mol. The molecule has 0 bridgehead atoms. The highest BCUT2D eigenvalue weighted by Gasteiger charge is 2.42. The topological polar surface area (TPSA) is 60.1 Å². The summed E-state index contributed by atoms with van der Waals surface area (Å²) >= 11 is 0. The van der Waals surface area contributed by atoms with Crippen molar-refractivity contribution in [2.24, 2.45) is 0 Å². The van der Waals surface area contributed by atoms with Crippen LogP contribution < -0.4 is 5.32 Å². The summed E-state index contributed by atoms with van der Waals surface area (Å²) in [6.07, 6.45) is 1.16. The van der Waals surface area contributed by atoms with Crippen molar-refractivity contribution in [3.8, 4) is 11.1 Å². The van der Waals surface area contributed by atoms with Gasteiger partial charge in [0.2, 0.25) is 0 Å². The van der Waals surface area contributed by atoms with Crippen LogP contribution in [0, 0.1) is 5.82 Å². The number of pyridine rings is 1. The Morgan fingerprint density at radius 2 is 1.95 bits per heavy atom. The van der Waals surface area contributed by atoms with Gasteiger partial charge in [0.15, 0.2) is 0 Å². The normalized spacial score (nSPS) is 21.0. The summed E-state index contributed by atoms with van der Waals surface area (Å²) in [5.41, 5.74) is 3.31. The molecular formula is C26H29F5N6. The van der Waals surface area contributed by atoms with Crippen molar-refractivity contribution in [2.45, 2.75) is 44.1 Å². The molecule has 0 aliphatic carbocycles. The van der Waals surface area contributed by atoms with Crippen LogP contribution in [0.5, 0.6) is 0 Å². The lowest BCUT2D eigenvalue weighted by Crippen LogP contribution is -2.54. The van der Waals surface area contributed by atoms with E-state index in [4.69, 9.17) is 0 Å². The maximum Gasteiger partial charge on any atom is 0.401 e. The average molecular weight is 521 g/mol. The lowest BCUT2D eigenvalue weighted by Gasteiger charge is -2.42. The smallest absolute Gasteiger partial charge is 0.378 e. The van der Waals surface area contributed by atoms with Crippen LogP contribution in [-0.2, 0) is 6.42 Å². The molecule has 0 amide bonds. The fourth-order valence-corrected chi connectivity index (χ4v) is 5.37. The number of benzene rings is 1. The average Bonchev–Trinajstić information content (AvgIpc) is 3.36. The number of rotatable bonds is 8. The van der Waals surface area contributed by atoms with Gasteiger partial charge < -0.3 is 5.32 Å². The summed E-state index contributed by atoms with van der Waals surface area (Å²) in [5, 5.41) is 9.97. The molecule has 6 nitrogen and oxygen atoms in total. The van der Waals surface area contributed by atoms with E-state index in [0.717, 1.165) is 18.8 Å². The second kappa shape index (κ2) is 10.4. The molecule has 4 heterocycles. The van der Waals surface area contributed by atoms with E-state index in [1.807, 2.05) is 6.07 Å². The molecule has 2 N–H and O–H groups in total. The van der Waals surface area contributed by atoms with Crippen molar-refractivity contribution in [1.82, 2.24) is 25.0 Å². The maximum absolute atomic E-state index is 15.6. The standard InChI is InChI=1S/C26H29F5N6/c1-16-7-18-8-17(19-10-33-34-11-19)9-22(28)24(18)25(37(16)15-26(29,30)31)23-4-3-20(12-32-23)35-21-13-36(14-21)6-2-5-27/h3-4,8-12,16,21,25,35H,2,5-7,13-15H2,1H3,(H,33,34)/t16-,25-/m1/s1. The third kappa shape index (κ3) is 5.62. The number of aromatic nitrogens is 3. The molecule has 2 aromatic heterocycles. The fourth-order valence-electron chi connectivity index (χ4n) is 5.37. The molecule has 1 saturated heterocycles. The number of nitrogens with zero attached hydrogens (tertiary/aromatic N) is 4. The van der Waals surface area contributed by atoms with E-state index in [9.17, 15) is 17.6 Å². The highest BCUT2D eigenvalue weighted by atomic mass is 19.4. The Balaban J connectivity index is 1.43. The van der Waals surface area contributed by atoms with Crippen LogP contribution in [0.15, 0.2) is 42.9 Å². The van der Waals surface area contributed by atoms with Crippen molar-refractivity contribution in [3.63, 3.8) is 0 Å². The van der Waals surface area contributed by atoms with Crippen LogP contribution >= 0.6 is 0 Å². The van der Waals surface area contributed by atoms with Crippen LogP contribution in [0.2, 0.25) is 0 Å². The molecule has 2 aliphatic rings. The fraction of sp³-hybridized carbons (Fsp3) is 0.462. The Morgan fingerprint density at radius 3 is 2.59 bits per heavy atom. The first-order valence-corrected chi connectivity index (χ1v) is 12.4. The van der Waals surface area contributed by atoms with E-state index in [2.05, 4.69) is 25.4 Å². The van der Waals surface area contributed by atoms with E-state index in [1.54, 1.807) is 37.6 Å². The number of fused-ring (bicyclic) bond motifs is 1. The number of H-pyrrole nitrogens is 1. The number of hydrogen-bond acceptors (Lipinski definition) is 5. The van der Waals surface area contributed by atoms with Crippen molar-refractivity contribution in [2.75, 3.05) is 38.2 Å². The van der Waals surface area contributed by atoms with Gasteiger partial charge in [-0.2, -0.15) is 18.3 Å². The number of likely N-dealkylation sites (tertiary alicyclic amines) is 1. The van der Waals surface area contributed by atoms with Crippen LogP contribution in [0.3, 0.4) is 0 Å². The number of halogens is 5. The van der Waals surface area contributed by atoms with Gasteiger partial charge in [0.05, 0.1) is 49.1 Å². The van der Waals surface area contributed by atoms with E-state index < -0.39 is 30.6 Å². The first-order valence-electron chi connectivity index (χ1n) is 12.4. The molecule has 0 spiro atoms. The predicted molar refractivity (Wildman–Crippen MR) is 130 cm³/mol. The molecule has 0 radical (unpaired) electrons. The Morgan fingerprint density at radius 1 is 1.14 bits per heavy atom. The van der Waals surface area contributed by atoms with Gasteiger partial charge in [0.1, 0.15) is 5.82 Å². The lowest BCUT2D eigenvalue weighted by molar-refractivity contribution is -0.155. The summed E-state index contributed by atoms with van der Waals surface area (Å²) < 4.78 is 68.7. The largest absolute Gasteiger partial charge is 0.401 e. The van der Waals surface area contributed by atoms with Crippen LogP contribution in [-0.4, -0.2) is 76.1 Å². The van der Waals surface area contributed by atoms with Crippen molar-refractivity contribution in [3.05, 3.63) is 65.5 Å². The first kappa shape index (κ1) is 25.6. The Hall–Kier alpha value is -3.05. The van der Waals surface area contributed by atoms with Gasteiger partial charge >= 0.3 is 6.18 Å². The molecule has 198 valence electrons. The minimum absolute atomic E-state index is 0.197. The zero-order valence-corrected chi connectivity index (χ0v) is 20.4. The molecule has 3 aromatic rings. The number of aromatic amines is 1. The van der Waals surface area contributed by atoms with Gasteiger partial charge in [0, 0.05) is 43.0 Å². The highest BCUT2D eigenvalue weighted by molar-refractivity contribution is 5.64. The minimum atomic E-state index is -4.45. The van der Waals surface area contributed by atoms with Gasteiger partial charge in [0.25, 0.3) is 0 Å². The van der Waals surface area contributed by atoms with Crippen LogP contribution in [0.25, 0.3) is 11.1 Å². The van der Waals surface area contributed by atoms with Crippen LogP contribution in [0.1, 0.15) is 36.2 Å². The van der Waals surface area contributed by atoms with E-state index in [0.29, 0.717) is 35.3 Å².